The largest absolute Gasteiger partial charge is 1.00 e. The van der Waals surface area contributed by atoms with Crippen molar-refractivity contribution >= 4 is 22.0 Å². The second kappa shape index (κ2) is 11.8. The molecule has 8 nitrogen and oxygen atoms in total. The zero-order chi connectivity index (χ0) is 17.3. The zero-order valence-electron chi connectivity index (χ0n) is 13.0. The topological polar surface area (TPSA) is 144 Å². The van der Waals surface area contributed by atoms with Gasteiger partial charge in [-0.15, -0.1) is 0 Å². The van der Waals surface area contributed by atoms with Crippen LogP contribution < -0.4 is 34.9 Å². The van der Waals surface area contributed by atoms with Crippen molar-refractivity contribution in [1.82, 2.24) is 5.32 Å². The van der Waals surface area contributed by atoms with Gasteiger partial charge in [0.25, 0.3) is 0 Å². The summed E-state index contributed by atoms with van der Waals surface area (Å²) < 4.78 is 31.2. The number of carbonyl (C=O) groups is 2. The van der Waals surface area contributed by atoms with Gasteiger partial charge in [-0.2, -0.15) is 0 Å². The first kappa shape index (κ1) is 26.2. The molecule has 0 bridgehead atoms. The van der Waals surface area contributed by atoms with Crippen molar-refractivity contribution < 1.29 is 62.3 Å². The second-order valence-corrected chi connectivity index (χ2v) is 6.07. The number of carbonyl (C=O) groups excluding carboxylic acids is 1. The molecule has 0 aliphatic rings. The fraction of sp³-hybridized carbons (Fsp3) is 0.500. The first-order valence-corrected chi connectivity index (χ1v) is 7.32. The molecular formula is C12H20NNaO7S. The molecule has 122 valence electrons. The predicted octanol–water partition coefficient (Wildman–Crippen LogP) is -3.37. The number of aliphatic hydroxyl groups is 1. The van der Waals surface area contributed by atoms with Crippen LogP contribution in [0, 0.1) is 0 Å². The third kappa shape index (κ3) is 17.3. The minimum Gasteiger partial charge on any atom is -0.748 e. The molecule has 0 saturated carbocycles. The van der Waals surface area contributed by atoms with Crippen LogP contribution in [-0.2, 0) is 19.7 Å². The summed E-state index contributed by atoms with van der Waals surface area (Å²) in [5.74, 6) is -2.19. The van der Waals surface area contributed by atoms with E-state index in [1.54, 1.807) is 0 Å². The molecule has 0 aliphatic carbocycles. The number of carboxylic acid groups (broad SMARTS) is 1. The molecule has 0 unspecified atom stereocenters. The summed E-state index contributed by atoms with van der Waals surface area (Å²) >= 11 is 0. The Bertz CT molecular complexity index is 500. The van der Waals surface area contributed by atoms with E-state index in [0.29, 0.717) is 0 Å². The number of hydrogen-bond acceptors (Lipinski definition) is 6. The Balaban J connectivity index is -0.000000348. The average molecular weight is 345 g/mol. The van der Waals surface area contributed by atoms with E-state index >= 15 is 0 Å². The monoisotopic (exact) mass is 345 g/mol. The molecule has 0 heterocycles. The van der Waals surface area contributed by atoms with Gasteiger partial charge in [0, 0.05) is 24.1 Å². The van der Waals surface area contributed by atoms with Gasteiger partial charge in [-0.05, 0) is 19.9 Å². The summed E-state index contributed by atoms with van der Waals surface area (Å²) in [5.41, 5.74) is -1.02. The van der Waals surface area contributed by atoms with Crippen LogP contribution >= 0.6 is 0 Å². The first-order chi connectivity index (χ1) is 9.34. The van der Waals surface area contributed by atoms with E-state index in [1.807, 2.05) is 0 Å². The molecule has 0 radical (unpaired) electrons. The standard InChI is InChI=1S/C7H13NO4S.C5H8O3.Na/c1-4-6(9)8-7(2,3)5-13(10,11)12;1-4(2-3-6)5(7)8;/h4H,1,5H2,2-3H3,(H,8,9)(H,10,11,12);6H,1-3H2,(H,7,8);/q;;+1/p-1. The number of hydrogen-bond donors (Lipinski definition) is 3. The Morgan fingerprint density at radius 1 is 1.36 bits per heavy atom. The van der Waals surface area contributed by atoms with Crippen LogP contribution in [0.3, 0.4) is 0 Å². The first-order valence-electron chi connectivity index (χ1n) is 5.74. The molecule has 0 spiro atoms. The molecule has 0 aliphatic heterocycles. The summed E-state index contributed by atoms with van der Waals surface area (Å²) in [6.45, 7) is 9.13. The second-order valence-electron chi connectivity index (χ2n) is 4.66. The Morgan fingerprint density at radius 2 is 1.82 bits per heavy atom. The molecule has 22 heavy (non-hydrogen) atoms. The smallest absolute Gasteiger partial charge is 0.748 e. The summed E-state index contributed by atoms with van der Waals surface area (Å²) in [6.07, 6.45) is 1.16. The molecule has 10 heteroatoms. The maximum Gasteiger partial charge on any atom is 1.00 e. The molecule has 0 aromatic heterocycles. The fourth-order valence-electron chi connectivity index (χ4n) is 1.10. The number of nitrogens with one attached hydrogen (secondary N) is 1. The minimum absolute atomic E-state index is 0. The van der Waals surface area contributed by atoms with Crippen LogP contribution in [0.5, 0.6) is 0 Å². The van der Waals surface area contributed by atoms with Crippen LogP contribution in [0.2, 0.25) is 0 Å². The average Bonchev–Trinajstić information content (AvgIpc) is 2.25. The van der Waals surface area contributed by atoms with Crippen molar-refractivity contribution in [3.63, 3.8) is 0 Å². The van der Waals surface area contributed by atoms with E-state index in [9.17, 15) is 22.6 Å². The van der Waals surface area contributed by atoms with Crippen LogP contribution in [0.15, 0.2) is 24.8 Å². The van der Waals surface area contributed by atoms with Crippen molar-refractivity contribution in [1.29, 1.82) is 0 Å². The van der Waals surface area contributed by atoms with E-state index in [2.05, 4.69) is 18.5 Å². The molecular weight excluding hydrogens is 325 g/mol. The van der Waals surface area contributed by atoms with E-state index in [1.165, 1.54) is 13.8 Å². The summed E-state index contributed by atoms with van der Waals surface area (Å²) in [7, 11) is -4.33. The zero-order valence-corrected chi connectivity index (χ0v) is 15.8. The van der Waals surface area contributed by atoms with Crippen LogP contribution in [-0.4, -0.2) is 53.0 Å². The van der Waals surface area contributed by atoms with E-state index in [4.69, 9.17) is 10.2 Å². The number of aliphatic hydroxyl groups excluding tert-OH is 1. The van der Waals surface area contributed by atoms with Gasteiger partial charge in [-0.1, -0.05) is 13.2 Å². The van der Waals surface area contributed by atoms with Crippen LogP contribution in [0.4, 0.5) is 0 Å². The molecule has 0 aromatic rings. The molecule has 0 saturated heterocycles. The van der Waals surface area contributed by atoms with Gasteiger partial charge in [0.2, 0.25) is 5.91 Å². The van der Waals surface area contributed by atoms with Crippen LogP contribution in [0.25, 0.3) is 0 Å². The molecule has 0 atom stereocenters. The number of amides is 1. The SMILES string of the molecule is C=C(CCO)C(=O)O.C=CC(=O)NC(C)(C)CS(=O)(=O)[O-].[Na+]. The normalized spacial score (nSPS) is 10.4. The molecule has 3 N–H and O–H groups in total. The maximum atomic E-state index is 10.8. The van der Waals surface area contributed by atoms with Gasteiger partial charge in [-0.25, -0.2) is 13.2 Å². The molecule has 0 aromatic carbocycles. The third-order valence-corrected chi connectivity index (χ3v) is 2.98. The van der Waals surface area contributed by atoms with Crippen molar-refractivity contribution in [3.8, 4) is 0 Å². The minimum atomic E-state index is -4.33. The molecule has 0 fully saturated rings. The van der Waals surface area contributed by atoms with Crippen molar-refractivity contribution in [3.05, 3.63) is 24.8 Å². The maximum absolute atomic E-state index is 10.8. The fourth-order valence-corrected chi connectivity index (χ4v) is 2.06. The van der Waals surface area contributed by atoms with E-state index < -0.39 is 33.3 Å². The Labute approximate surface area is 152 Å². The van der Waals surface area contributed by atoms with Gasteiger partial charge in [0.15, 0.2) is 0 Å². The van der Waals surface area contributed by atoms with Gasteiger partial charge >= 0.3 is 35.5 Å². The quantitative estimate of drug-likeness (QED) is 0.248. The molecule has 0 rings (SSSR count). The summed E-state index contributed by atoms with van der Waals surface area (Å²) in [5, 5.41) is 18.6. The van der Waals surface area contributed by atoms with Crippen molar-refractivity contribution in [2.75, 3.05) is 12.4 Å². The van der Waals surface area contributed by atoms with Gasteiger partial charge in [-0.3, -0.25) is 4.79 Å². The number of carboxylic acids is 1. The van der Waals surface area contributed by atoms with Crippen molar-refractivity contribution in [2.45, 2.75) is 25.8 Å². The Hall–Kier alpha value is -0.710. The van der Waals surface area contributed by atoms with Gasteiger partial charge in [0.1, 0.15) is 0 Å². The number of rotatable bonds is 7. The molecule has 1 amide bonds. The predicted molar refractivity (Wildman–Crippen MR) is 75.5 cm³/mol. The number of aliphatic carboxylic acids is 1. The van der Waals surface area contributed by atoms with E-state index in [0.717, 1.165) is 6.08 Å². The van der Waals surface area contributed by atoms with Crippen LogP contribution in [0.1, 0.15) is 20.3 Å². The van der Waals surface area contributed by atoms with Gasteiger partial charge in [0.05, 0.1) is 15.9 Å². The Kier molecular flexibility index (Phi) is 14.1. The van der Waals surface area contributed by atoms with E-state index in [-0.39, 0.29) is 48.2 Å². The van der Waals surface area contributed by atoms with Crippen molar-refractivity contribution in [2.24, 2.45) is 0 Å². The third-order valence-electron chi connectivity index (χ3n) is 1.90. The Morgan fingerprint density at radius 3 is 2.05 bits per heavy atom. The van der Waals surface area contributed by atoms with Gasteiger partial charge < -0.3 is 20.1 Å². The summed E-state index contributed by atoms with van der Waals surface area (Å²) in [4.78, 5) is 20.7. The summed E-state index contributed by atoms with van der Waals surface area (Å²) in [6, 6.07) is 0.